The third-order valence-electron chi connectivity index (χ3n) is 2.37. The molecule has 0 heterocycles. The van der Waals surface area contributed by atoms with Gasteiger partial charge >= 0.3 is 11.9 Å². The van der Waals surface area contributed by atoms with Crippen LogP contribution in [0.15, 0.2) is 49.1 Å². The summed E-state index contributed by atoms with van der Waals surface area (Å²) in [5.41, 5.74) is 0.0194. The summed E-state index contributed by atoms with van der Waals surface area (Å²) in [6, 6.07) is 9.37. The van der Waals surface area contributed by atoms with Crippen LogP contribution in [0.25, 0.3) is 10.8 Å². The Morgan fingerprint density at radius 2 is 1.37 bits per heavy atom. The van der Waals surface area contributed by atoms with Crippen molar-refractivity contribution in [3.63, 3.8) is 0 Å². The molecule has 0 atom stereocenters. The van der Waals surface area contributed by atoms with Gasteiger partial charge in [-0.3, -0.25) is 0 Å². The molecule has 0 amide bonds. The molecule has 98 valence electrons. The summed E-state index contributed by atoms with van der Waals surface area (Å²) >= 11 is 0. The maximum absolute atomic E-state index is 11.0. The van der Waals surface area contributed by atoms with Gasteiger partial charge in [-0.15, -0.1) is 6.58 Å². The Morgan fingerprint density at radius 3 is 1.68 bits per heavy atom. The van der Waals surface area contributed by atoms with E-state index >= 15 is 0 Å². The van der Waals surface area contributed by atoms with Crippen molar-refractivity contribution in [1.82, 2.24) is 0 Å². The molecule has 0 saturated carbocycles. The Balaban J connectivity index is 0.000000550. The van der Waals surface area contributed by atoms with Crippen LogP contribution < -0.4 is 0 Å². The van der Waals surface area contributed by atoms with Crippen LogP contribution in [-0.2, 0) is 0 Å². The topological polar surface area (TPSA) is 74.6 Å². The number of carboxylic acids is 2. The third-order valence-corrected chi connectivity index (χ3v) is 2.37. The van der Waals surface area contributed by atoms with E-state index in [1.54, 1.807) is 30.3 Å². The van der Waals surface area contributed by atoms with Crippen molar-refractivity contribution in [2.75, 3.05) is 0 Å². The largest absolute Gasteiger partial charge is 0.478 e. The maximum Gasteiger partial charge on any atom is 0.336 e. The minimum atomic E-state index is -1.13. The molecule has 2 N–H and O–H groups in total. The lowest BCUT2D eigenvalue weighted by atomic mass is 9.99. The zero-order valence-electron chi connectivity index (χ0n) is 10.5. The second kappa shape index (κ2) is 6.35. The summed E-state index contributed by atoms with van der Waals surface area (Å²) in [6.45, 7) is 5.25. The van der Waals surface area contributed by atoms with Gasteiger partial charge in [-0.1, -0.05) is 30.3 Å². The number of carbonyl (C=O) groups is 2. The molecule has 2 aromatic rings. The second-order valence-corrected chi connectivity index (χ2v) is 3.73. The van der Waals surface area contributed by atoms with Crippen LogP contribution >= 0.6 is 0 Å². The number of allylic oxidation sites excluding steroid dienone is 1. The SMILES string of the molecule is C=CC.O=C(O)c1cccc2cccc(C(=O)O)c12. The van der Waals surface area contributed by atoms with E-state index in [0.29, 0.717) is 5.39 Å². The van der Waals surface area contributed by atoms with Crippen molar-refractivity contribution in [2.45, 2.75) is 6.92 Å². The summed E-state index contributed by atoms with van der Waals surface area (Å²) in [4.78, 5) is 22.0. The number of rotatable bonds is 2. The van der Waals surface area contributed by atoms with Crippen LogP contribution in [0.4, 0.5) is 0 Å². The second-order valence-electron chi connectivity index (χ2n) is 3.73. The normalized spacial score (nSPS) is 9.32. The van der Waals surface area contributed by atoms with E-state index < -0.39 is 11.9 Å². The van der Waals surface area contributed by atoms with Crippen LogP contribution in [0.3, 0.4) is 0 Å². The number of aromatic carboxylic acids is 2. The van der Waals surface area contributed by atoms with Crippen molar-refractivity contribution >= 4 is 22.7 Å². The van der Waals surface area contributed by atoms with Crippen LogP contribution in [-0.4, -0.2) is 22.2 Å². The zero-order valence-corrected chi connectivity index (χ0v) is 10.5. The van der Waals surface area contributed by atoms with Crippen molar-refractivity contribution in [3.8, 4) is 0 Å². The van der Waals surface area contributed by atoms with Crippen LogP contribution in [0, 0.1) is 0 Å². The first-order chi connectivity index (χ1) is 9.02. The molecule has 4 nitrogen and oxygen atoms in total. The van der Waals surface area contributed by atoms with Gasteiger partial charge in [-0.05, 0) is 24.4 Å². The fourth-order valence-corrected chi connectivity index (χ4v) is 1.70. The summed E-state index contributed by atoms with van der Waals surface area (Å²) in [7, 11) is 0. The van der Waals surface area contributed by atoms with E-state index in [0.717, 1.165) is 0 Å². The molecule has 0 radical (unpaired) electrons. The van der Waals surface area contributed by atoms with Gasteiger partial charge in [0.25, 0.3) is 0 Å². The third kappa shape index (κ3) is 3.19. The molecule has 2 rings (SSSR count). The molecule has 0 aliphatic heterocycles. The molecule has 0 aliphatic rings. The molecule has 2 aromatic carbocycles. The highest BCUT2D eigenvalue weighted by molar-refractivity contribution is 6.12. The fraction of sp³-hybridized carbons (Fsp3) is 0.0667. The summed E-state index contributed by atoms with van der Waals surface area (Å²) in [5, 5.41) is 18.9. The van der Waals surface area contributed by atoms with E-state index in [2.05, 4.69) is 6.58 Å². The van der Waals surface area contributed by atoms with E-state index in [1.807, 2.05) is 6.92 Å². The summed E-state index contributed by atoms with van der Waals surface area (Å²) in [5.74, 6) is -2.25. The minimum absolute atomic E-state index is 0.00972. The Bertz CT molecular complexity index is 580. The van der Waals surface area contributed by atoms with Crippen molar-refractivity contribution in [3.05, 3.63) is 60.2 Å². The molecule has 0 saturated heterocycles. The van der Waals surface area contributed by atoms with E-state index in [1.165, 1.54) is 12.1 Å². The first kappa shape index (κ1) is 14.4. The van der Waals surface area contributed by atoms with E-state index in [9.17, 15) is 9.59 Å². The highest BCUT2D eigenvalue weighted by Crippen LogP contribution is 2.23. The number of carboxylic acid groups (broad SMARTS) is 2. The molecule has 0 aromatic heterocycles. The Kier molecular flexibility index (Phi) is 4.83. The quantitative estimate of drug-likeness (QED) is 0.809. The lowest BCUT2D eigenvalue weighted by Gasteiger charge is -2.05. The predicted molar refractivity (Wildman–Crippen MR) is 73.7 cm³/mol. The maximum atomic E-state index is 11.0. The summed E-state index contributed by atoms with van der Waals surface area (Å²) < 4.78 is 0. The van der Waals surface area contributed by atoms with Gasteiger partial charge in [0.15, 0.2) is 0 Å². The van der Waals surface area contributed by atoms with Gasteiger partial charge < -0.3 is 10.2 Å². The van der Waals surface area contributed by atoms with Crippen molar-refractivity contribution < 1.29 is 19.8 Å². The van der Waals surface area contributed by atoms with Crippen LogP contribution in [0.5, 0.6) is 0 Å². The molecule has 0 unspecified atom stereocenters. The van der Waals surface area contributed by atoms with Gasteiger partial charge in [0.05, 0.1) is 11.1 Å². The average molecular weight is 258 g/mol. The number of hydrogen-bond acceptors (Lipinski definition) is 2. The van der Waals surface area contributed by atoms with E-state index in [4.69, 9.17) is 10.2 Å². The van der Waals surface area contributed by atoms with Gasteiger partial charge in [-0.2, -0.15) is 0 Å². The highest BCUT2D eigenvalue weighted by Gasteiger charge is 2.15. The van der Waals surface area contributed by atoms with Gasteiger partial charge in [-0.25, -0.2) is 9.59 Å². The number of hydrogen-bond donors (Lipinski definition) is 2. The Labute approximate surface area is 110 Å². The van der Waals surface area contributed by atoms with Crippen LogP contribution in [0.2, 0.25) is 0 Å². The Morgan fingerprint density at radius 1 is 1.00 bits per heavy atom. The fourth-order valence-electron chi connectivity index (χ4n) is 1.70. The molecular formula is C15H14O4. The molecular weight excluding hydrogens is 244 g/mol. The van der Waals surface area contributed by atoms with Gasteiger partial charge in [0.1, 0.15) is 0 Å². The molecule has 19 heavy (non-hydrogen) atoms. The lowest BCUT2D eigenvalue weighted by Crippen LogP contribution is -2.03. The first-order valence-electron chi connectivity index (χ1n) is 5.58. The molecule has 4 heteroatoms. The summed E-state index contributed by atoms with van der Waals surface area (Å²) in [6.07, 6.45) is 1.75. The minimum Gasteiger partial charge on any atom is -0.478 e. The molecule has 0 bridgehead atoms. The average Bonchev–Trinajstić information content (AvgIpc) is 2.37. The standard InChI is InChI=1S/C12H8O4.C3H6/c13-11(14)8-5-1-3-7-4-2-6-9(10(7)8)12(15)16;1-3-2/h1-6H,(H,13,14)(H,15,16);3H,1H2,2H3. The van der Waals surface area contributed by atoms with Crippen molar-refractivity contribution in [2.24, 2.45) is 0 Å². The number of benzene rings is 2. The Hall–Kier alpha value is -2.62. The van der Waals surface area contributed by atoms with E-state index in [-0.39, 0.29) is 16.5 Å². The van der Waals surface area contributed by atoms with Crippen LogP contribution in [0.1, 0.15) is 27.6 Å². The smallest absolute Gasteiger partial charge is 0.336 e. The first-order valence-corrected chi connectivity index (χ1v) is 5.58. The zero-order chi connectivity index (χ0) is 14.4. The molecule has 0 aliphatic carbocycles. The molecule has 0 fully saturated rings. The monoisotopic (exact) mass is 258 g/mol. The number of fused-ring (bicyclic) bond motifs is 1. The van der Waals surface area contributed by atoms with Gasteiger partial charge in [0.2, 0.25) is 0 Å². The lowest BCUT2D eigenvalue weighted by molar-refractivity contribution is 0.0695. The van der Waals surface area contributed by atoms with Crippen molar-refractivity contribution in [1.29, 1.82) is 0 Å². The highest BCUT2D eigenvalue weighted by atomic mass is 16.4. The van der Waals surface area contributed by atoms with Gasteiger partial charge in [0, 0.05) is 5.39 Å². The predicted octanol–water partition coefficient (Wildman–Crippen LogP) is 3.43. The molecule has 0 spiro atoms.